The Morgan fingerprint density at radius 2 is 2.12 bits per heavy atom. The second-order valence-corrected chi connectivity index (χ2v) is 3.99. The topological polar surface area (TPSA) is 45.9 Å². The first kappa shape index (κ1) is 10.7. The minimum Gasteiger partial charge on any atom is -0.456 e. The molecule has 0 N–H and O–H groups in total. The lowest BCUT2D eigenvalue weighted by Gasteiger charge is -2.05. The van der Waals surface area contributed by atoms with E-state index in [1.54, 1.807) is 42.7 Å². The summed E-state index contributed by atoms with van der Waals surface area (Å²) in [6.45, 7) is 0. The fourth-order valence-corrected chi connectivity index (χ4v) is 1.70. The van der Waals surface area contributed by atoms with E-state index >= 15 is 0 Å². The van der Waals surface area contributed by atoms with Crippen LogP contribution in [0.3, 0.4) is 0 Å². The molecule has 0 bridgehead atoms. The quantitative estimate of drug-likeness (QED) is 0.842. The van der Waals surface area contributed by atoms with E-state index < -0.39 is 0 Å². The maximum atomic E-state index is 8.81. The van der Waals surface area contributed by atoms with Gasteiger partial charge in [0.15, 0.2) is 0 Å². The summed E-state index contributed by atoms with van der Waals surface area (Å²) in [6.07, 6.45) is 3.29. The molecule has 0 fully saturated rings. The molecule has 3 nitrogen and oxygen atoms in total. The lowest BCUT2D eigenvalue weighted by atomic mass is 10.2. The number of pyridine rings is 1. The highest BCUT2D eigenvalue weighted by Crippen LogP contribution is 2.25. The van der Waals surface area contributed by atoms with Crippen molar-refractivity contribution in [1.29, 1.82) is 5.26 Å². The van der Waals surface area contributed by atoms with Crippen LogP contribution in [0, 0.1) is 11.3 Å². The van der Waals surface area contributed by atoms with Crippen LogP contribution in [0.25, 0.3) is 0 Å². The first-order chi connectivity index (χ1) is 7.78. The van der Waals surface area contributed by atoms with Gasteiger partial charge in [0.25, 0.3) is 0 Å². The molecule has 16 heavy (non-hydrogen) atoms. The molecule has 0 amide bonds. The number of rotatable bonds is 2. The van der Waals surface area contributed by atoms with Gasteiger partial charge in [0.1, 0.15) is 11.5 Å². The average Bonchev–Trinajstić information content (AvgIpc) is 2.29. The van der Waals surface area contributed by atoms with Gasteiger partial charge in [-0.15, -0.1) is 0 Å². The third kappa shape index (κ3) is 2.59. The molecule has 0 saturated carbocycles. The van der Waals surface area contributed by atoms with Crippen LogP contribution in [0.1, 0.15) is 5.56 Å². The average molecular weight is 275 g/mol. The van der Waals surface area contributed by atoms with Crippen LogP contribution in [0.2, 0.25) is 0 Å². The van der Waals surface area contributed by atoms with Gasteiger partial charge in [-0.25, -0.2) is 0 Å². The number of hydrogen-bond donors (Lipinski definition) is 0. The van der Waals surface area contributed by atoms with Gasteiger partial charge in [0, 0.05) is 10.7 Å². The second-order valence-electron chi connectivity index (χ2n) is 3.08. The van der Waals surface area contributed by atoms with Gasteiger partial charge in [-0.3, -0.25) is 4.98 Å². The number of nitriles is 1. The SMILES string of the molecule is N#Cc1cc(Br)cc(Oc2cccnc2)c1. The minimum atomic E-state index is 0.549. The molecule has 0 aliphatic rings. The van der Waals surface area contributed by atoms with Gasteiger partial charge in [-0.1, -0.05) is 15.9 Å². The van der Waals surface area contributed by atoms with Crippen LogP contribution in [0.15, 0.2) is 47.2 Å². The van der Waals surface area contributed by atoms with E-state index in [1.807, 2.05) is 0 Å². The fourth-order valence-electron chi connectivity index (χ4n) is 1.23. The maximum absolute atomic E-state index is 8.81. The maximum Gasteiger partial charge on any atom is 0.145 e. The monoisotopic (exact) mass is 274 g/mol. The first-order valence-electron chi connectivity index (χ1n) is 4.56. The molecule has 78 valence electrons. The van der Waals surface area contributed by atoms with Gasteiger partial charge >= 0.3 is 0 Å². The smallest absolute Gasteiger partial charge is 0.145 e. The zero-order chi connectivity index (χ0) is 11.4. The molecule has 1 aromatic heterocycles. The highest BCUT2D eigenvalue weighted by molar-refractivity contribution is 9.10. The summed E-state index contributed by atoms with van der Waals surface area (Å²) in [7, 11) is 0. The number of benzene rings is 1. The molecule has 4 heteroatoms. The fraction of sp³-hybridized carbons (Fsp3) is 0. The lowest BCUT2D eigenvalue weighted by Crippen LogP contribution is -1.86. The summed E-state index contributed by atoms with van der Waals surface area (Å²) in [5.74, 6) is 1.25. The minimum absolute atomic E-state index is 0.549. The summed E-state index contributed by atoms with van der Waals surface area (Å²) < 4.78 is 6.37. The molecule has 2 aromatic rings. The number of nitrogens with zero attached hydrogens (tertiary/aromatic N) is 2. The zero-order valence-electron chi connectivity index (χ0n) is 8.22. The standard InChI is InChI=1S/C12H7BrN2O/c13-10-4-9(7-14)5-12(6-10)16-11-2-1-3-15-8-11/h1-6,8H. The molecule has 2 rings (SSSR count). The molecule has 0 atom stereocenters. The number of halogens is 1. The summed E-state index contributed by atoms with van der Waals surface area (Å²) in [4.78, 5) is 3.94. The molecule has 0 aliphatic heterocycles. The number of aromatic nitrogens is 1. The van der Waals surface area contributed by atoms with Crippen molar-refractivity contribution in [3.8, 4) is 17.6 Å². The number of hydrogen-bond acceptors (Lipinski definition) is 3. The molecule has 1 aromatic carbocycles. The summed E-state index contributed by atoms with van der Waals surface area (Å²) in [6, 6.07) is 10.9. The highest BCUT2D eigenvalue weighted by Gasteiger charge is 2.01. The molecule has 1 heterocycles. The van der Waals surface area contributed by atoms with Crippen molar-refractivity contribution in [2.24, 2.45) is 0 Å². The predicted molar refractivity (Wildman–Crippen MR) is 63.2 cm³/mol. The zero-order valence-corrected chi connectivity index (χ0v) is 9.81. The van der Waals surface area contributed by atoms with E-state index in [9.17, 15) is 0 Å². The predicted octanol–water partition coefficient (Wildman–Crippen LogP) is 3.51. The van der Waals surface area contributed by atoms with E-state index in [-0.39, 0.29) is 0 Å². The molecule has 0 aliphatic carbocycles. The van der Waals surface area contributed by atoms with Crippen LogP contribution < -0.4 is 4.74 Å². The lowest BCUT2D eigenvalue weighted by molar-refractivity contribution is 0.480. The van der Waals surface area contributed by atoms with Gasteiger partial charge in [0.05, 0.1) is 17.8 Å². The van der Waals surface area contributed by atoms with Crippen LogP contribution in [0.5, 0.6) is 11.5 Å². The van der Waals surface area contributed by atoms with Crippen molar-refractivity contribution in [2.45, 2.75) is 0 Å². The summed E-state index contributed by atoms with van der Waals surface area (Å²) in [5, 5.41) is 8.81. The Morgan fingerprint density at radius 3 is 2.81 bits per heavy atom. The molecule has 0 radical (unpaired) electrons. The molecule has 0 saturated heterocycles. The van der Waals surface area contributed by atoms with Gasteiger partial charge < -0.3 is 4.74 Å². The Bertz CT molecular complexity index is 534. The molecule has 0 spiro atoms. The van der Waals surface area contributed by atoms with Crippen molar-refractivity contribution >= 4 is 15.9 Å². The first-order valence-corrected chi connectivity index (χ1v) is 5.36. The number of ether oxygens (including phenoxy) is 1. The second kappa shape index (κ2) is 4.77. The molecular weight excluding hydrogens is 268 g/mol. The van der Waals surface area contributed by atoms with Crippen LogP contribution in [0.4, 0.5) is 0 Å². The van der Waals surface area contributed by atoms with Gasteiger partial charge in [0.2, 0.25) is 0 Å². The Balaban J connectivity index is 2.29. The van der Waals surface area contributed by atoms with Crippen molar-refractivity contribution in [3.05, 3.63) is 52.8 Å². The van der Waals surface area contributed by atoms with Crippen molar-refractivity contribution < 1.29 is 4.74 Å². The summed E-state index contributed by atoms with van der Waals surface area (Å²) >= 11 is 3.32. The molecule has 0 unspecified atom stereocenters. The third-order valence-corrected chi connectivity index (χ3v) is 2.33. The summed E-state index contributed by atoms with van der Waals surface area (Å²) in [5.41, 5.74) is 0.549. The Kier molecular flexibility index (Phi) is 3.18. The normalized spacial score (nSPS) is 9.50. The van der Waals surface area contributed by atoms with Crippen molar-refractivity contribution in [1.82, 2.24) is 4.98 Å². The van der Waals surface area contributed by atoms with E-state index in [0.29, 0.717) is 17.1 Å². The van der Waals surface area contributed by atoms with Crippen molar-refractivity contribution in [3.63, 3.8) is 0 Å². The van der Waals surface area contributed by atoms with Crippen molar-refractivity contribution in [2.75, 3.05) is 0 Å². The van der Waals surface area contributed by atoms with Crippen LogP contribution >= 0.6 is 15.9 Å². The van der Waals surface area contributed by atoms with Gasteiger partial charge in [-0.2, -0.15) is 5.26 Å². The van der Waals surface area contributed by atoms with Crippen LogP contribution in [-0.2, 0) is 0 Å². The van der Waals surface area contributed by atoms with E-state index in [1.165, 1.54) is 0 Å². The van der Waals surface area contributed by atoms with Gasteiger partial charge in [-0.05, 0) is 30.3 Å². The Morgan fingerprint density at radius 1 is 1.25 bits per heavy atom. The Hall–Kier alpha value is -1.86. The third-order valence-electron chi connectivity index (χ3n) is 1.87. The highest BCUT2D eigenvalue weighted by atomic mass is 79.9. The van der Waals surface area contributed by atoms with E-state index in [4.69, 9.17) is 10.00 Å². The molecular formula is C12H7BrN2O. The van der Waals surface area contributed by atoms with E-state index in [0.717, 1.165) is 4.47 Å². The largest absolute Gasteiger partial charge is 0.456 e. The van der Waals surface area contributed by atoms with E-state index in [2.05, 4.69) is 27.0 Å². The Labute approximate surface area is 101 Å². The van der Waals surface area contributed by atoms with Crippen LogP contribution in [-0.4, -0.2) is 4.98 Å².